The van der Waals surface area contributed by atoms with Crippen LogP contribution in [0.1, 0.15) is 18.1 Å². The summed E-state index contributed by atoms with van der Waals surface area (Å²) in [5, 5.41) is 3.25. The highest BCUT2D eigenvalue weighted by Gasteiger charge is 2.35. The van der Waals surface area contributed by atoms with E-state index in [2.05, 4.69) is 5.32 Å². The van der Waals surface area contributed by atoms with Crippen molar-refractivity contribution in [2.24, 2.45) is 5.73 Å². The zero-order valence-electron chi connectivity index (χ0n) is 13.0. The van der Waals surface area contributed by atoms with Crippen LogP contribution in [-0.4, -0.2) is 45.1 Å². The summed E-state index contributed by atoms with van der Waals surface area (Å²) in [6, 6.07) is 5.75. The van der Waals surface area contributed by atoms with Crippen LogP contribution < -0.4 is 15.8 Å². The number of hydrogen-bond donors (Lipinski definition) is 2. The standard InChI is InChI=1S/C15H25N3O2/c1-11-6-7-13(20-5)12(10-11)15(2,14(16)19)17-8-9-18(3)4/h6-7,10,17H,8-9H2,1-5H3,(H2,16,19). The summed E-state index contributed by atoms with van der Waals surface area (Å²) in [7, 11) is 5.56. The average Bonchev–Trinajstić information content (AvgIpc) is 2.37. The van der Waals surface area contributed by atoms with Crippen LogP contribution in [0.3, 0.4) is 0 Å². The summed E-state index contributed by atoms with van der Waals surface area (Å²) < 4.78 is 5.37. The first-order valence-electron chi connectivity index (χ1n) is 6.66. The maximum Gasteiger partial charge on any atom is 0.242 e. The third kappa shape index (κ3) is 3.71. The van der Waals surface area contributed by atoms with Gasteiger partial charge in [0.05, 0.1) is 7.11 Å². The van der Waals surface area contributed by atoms with Gasteiger partial charge in [0.25, 0.3) is 0 Å². The molecule has 0 aromatic heterocycles. The van der Waals surface area contributed by atoms with Crippen molar-refractivity contribution in [3.8, 4) is 5.75 Å². The fourth-order valence-corrected chi connectivity index (χ4v) is 2.06. The van der Waals surface area contributed by atoms with Gasteiger partial charge in [-0.3, -0.25) is 10.1 Å². The van der Waals surface area contributed by atoms with Crippen LogP contribution in [0.2, 0.25) is 0 Å². The molecule has 1 aromatic carbocycles. The number of rotatable bonds is 7. The summed E-state index contributed by atoms with van der Waals surface area (Å²) in [5.41, 5.74) is 6.50. The molecule has 0 saturated carbocycles. The second-order valence-corrected chi connectivity index (χ2v) is 5.42. The second kappa shape index (κ2) is 6.72. The molecule has 1 unspecified atom stereocenters. The molecule has 0 saturated heterocycles. The predicted octanol–water partition coefficient (Wildman–Crippen LogP) is 0.855. The van der Waals surface area contributed by atoms with E-state index < -0.39 is 11.4 Å². The van der Waals surface area contributed by atoms with Crippen LogP contribution in [-0.2, 0) is 10.3 Å². The highest BCUT2D eigenvalue weighted by atomic mass is 16.5. The molecular formula is C15H25N3O2. The number of nitrogens with one attached hydrogen (secondary N) is 1. The van der Waals surface area contributed by atoms with Gasteiger partial charge in [-0.05, 0) is 40.1 Å². The number of aryl methyl sites for hydroxylation is 1. The molecule has 5 heteroatoms. The van der Waals surface area contributed by atoms with E-state index in [0.29, 0.717) is 12.3 Å². The lowest BCUT2D eigenvalue weighted by Crippen LogP contribution is -2.52. The lowest BCUT2D eigenvalue weighted by Gasteiger charge is -2.30. The molecule has 1 aromatic rings. The third-order valence-corrected chi connectivity index (χ3v) is 3.42. The molecular weight excluding hydrogens is 254 g/mol. The smallest absolute Gasteiger partial charge is 0.242 e. The summed E-state index contributed by atoms with van der Waals surface area (Å²) in [4.78, 5) is 14.0. The minimum atomic E-state index is -0.951. The Morgan fingerprint density at radius 3 is 2.60 bits per heavy atom. The Hall–Kier alpha value is -1.59. The molecule has 3 N–H and O–H groups in total. The Morgan fingerprint density at radius 1 is 1.45 bits per heavy atom. The Bertz CT molecular complexity index is 474. The Kier molecular flexibility index (Phi) is 5.53. The SMILES string of the molecule is COc1ccc(C)cc1C(C)(NCCN(C)C)C(N)=O. The van der Waals surface area contributed by atoms with Gasteiger partial charge in [0.1, 0.15) is 11.3 Å². The fourth-order valence-electron chi connectivity index (χ4n) is 2.06. The molecule has 5 nitrogen and oxygen atoms in total. The highest BCUT2D eigenvalue weighted by molar-refractivity contribution is 5.86. The Labute approximate surface area is 121 Å². The van der Waals surface area contributed by atoms with Crippen molar-refractivity contribution in [2.45, 2.75) is 19.4 Å². The van der Waals surface area contributed by atoms with Crippen LogP contribution in [0.5, 0.6) is 5.75 Å². The summed E-state index contributed by atoms with van der Waals surface area (Å²) in [6.07, 6.45) is 0. The van der Waals surface area contributed by atoms with Crippen molar-refractivity contribution in [1.82, 2.24) is 10.2 Å². The first-order valence-corrected chi connectivity index (χ1v) is 6.66. The van der Waals surface area contributed by atoms with Crippen molar-refractivity contribution in [1.29, 1.82) is 0 Å². The number of benzene rings is 1. The van der Waals surface area contributed by atoms with Gasteiger partial charge in [0.15, 0.2) is 0 Å². The van der Waals surface area contributed by atoms with Crippen LogP contribution in [0.4, 0.5) is 0 Å². The van der Waals surface area contributed by atoms with E-state index in [1.54, 1.807) is 14.0 Å². The molecule has 112 valence electrons. The van der Waals surface area contributed by atoms with Crippen molar-refractivity contribution in [2.75, 3.05) is 34.3 Å². The number of carbonyl (C=O) groups excluding carboxylic acids is 1. The van der Waals surface area contributed by atoms with Crippen LogP contribution in [0.25, 0.3) is 0 Å². The van der Waals surface area contributed by atoms with Gasteiger partial charge in [-0.1, -0.05) is 11.6 Å². The second-order valence-electron chi connectivity index (χ2n) is 5.42. The van der Waals surface area contributed by atoms with Gasteiger partial charge in [-0.15, -0.1) is 0 Å². The molecule has 1 rings (SSSR count). The van der Waals surface area contributed by atoms with Gasteiger partial charge >= 0.3 is 0 Å². The monoisotopic (exact) mass is 279 g/mol. The number of methoxy groups -OCH3 is 1. The first kappa shape index (κ1) is 16.5. The molecule has 1 amide bonds. The normalized spacial score (nSPS) is 14.1. The maximum absolute atomic E-state index is 12.0. The maximum atomic E-state index is 12.0. The largest absolute Gasteiger partial charge is 0.496 e. The van der Waals surface area contributed by atoms with E-state index in [9.17, 15) is 4.79 Å². The van der Waals surface area contributed by atoms with Crippen molar-refractivity contribution < 1.29 is 9.53 Å². The number of nitrogens with zero attached hydrogens (tertiary/aromatic N) is 1. The summed E-state index contributed by atoms with van der Waals surface area (Å²) in [6.45, 7) is 5.24. The van der Waals surface area contributed by atoms with Gasteiger partial charge in [0, 0.05) is 18.7 Å². The lowest BCUT2D eigenvalue weighted by atomic mass is 9.89. The summed E-state index contributed by atoms with van der Waals surface area (Å²) >= 11 is 0. The molecule has 0 aliphatic rings. The zero-order valence-corrected chi connectivity index (χ0v) is 13.0. The minimum Gasteiger partial charge on any atom is -0.496 e. The molecule has 20 heavy (non-hydrogen) atoms. The average molecular weight is 279 g/mol. The van der Waals surface area contributed by atoms with E-state index in [1.165, 1.54) is 0 Å². The summed E-state index contributed by atoms with van der Waals surface area (Å²) in [5.74, 6) is 0.245. The van der Waals surface area contributed by atoms with Gasteiger partial charge < -0.3 is 15.4 Å². The lowest BCUT2D eigenvalue weighted by molar-refractivity contribution is -0.124. The third-order valence-electron chi connectivity index (χ3n) is 3.42. The highest BCUT2D eigenvalue weighted by Crippen LogP contribution is 2.30. The van der Waals surface area contributed by atoms with Crippen molar-refractivity contribution >= 4 is 5.91 Å². The Morgan fingerprint density at radius 2 is 2.10 bits per heavy atom. The first-order chi connectivity index (χ1) is 9.31. The molecule has 0 heterocycles. The van der Waals surface area contributed by atoms with E-state index in [-0.39, 0.29) is 0 Å². The molecule has 0 bridgehead atoms. The topological polar surface area (TPSA) is 67.6 Å². The minimum absolute atomic E-state index is 0.417. The number of nitrogens with two attached hydrogens (primary N) is 1. The molecule has 0 fully saturated rings. The van der Waals surface area contributed by atoms with Gasteiger partial charge in [0.2, 0.25) is 5.91 Å². The molecule has 0 aliphatic carbocycles. The van der Waals surface area contributed by atoms with Crippen LogP contribution >= 0.6 is 0 Å². The number of likely N-dealkylation sites (N-methyl/N-ethyl adjacent to an activating group) is 1. The predicted molar refractivity (Wildman–Crippen MR) is 80.8 cm³/mol. The molecule has 0 radical (unpaired) electrons. The molecule has 0 spiro atoms. The number of ether oxygens (including phenoxy) is 1. The fraction of sp³-hybridized carbons (Fsp3) is 0.533. The van der Waals surface area contributed by atoms with Gasteiger partial charge in [-0.25, -0.2) is 0 Å². The van der Waals surface area contributed by atoms with Crippen molar-refractivity contribution in [3.63, 3.8) is 0 Å². The zero-order chi connectivity index (χ0) is 15.3. The number of carbonyl (C=O) groups is 1. The van der Waals surface area contributed by atoms with Crippen LogP contribution in [0, 0.1) is 6.92 Å². The van der Waals surface area contributed by atoms with E-state index >= 15 is 0 Å². The van der Waals surface area contributed by atoms with E-state index in [4.69, 9.17) is 10.5 Å². The molecule has 0 aliphatic heterocycles. The Balaban J connectivity index is 3.12. The quantitative estimate of drug-likeness (QED) is 0.776. The van der Waals surface area contributed by atoms with Gasteiger partial charge in [-0.2, -0.15) is 0 Å². The van der Waals surface area contributed by atoms with Crippen LogP contribution in [0.15, 0.2) is 18.2 Å². The number of amides is 1. The molecule has 1 atom stereocenters. The number of primary amides is 1. The van der Waals surface area contributed by atoms with Crippen molar-refractivity contribution in [3.05, 3.63) is 29.3 Å². The van der Waals surface area contributed by atoms with E-state index in [0.717, 1.165) is 17.7 Å². The van der Waals surface area contributed by atoms with E-state index in [1.807, 2.05) is 44.1 Å². The number of hydrogen-bond acceptors (Lipinski definition) is 4.